The van der Waals surface area contributed by atoms with Crippen LogP contribution in [0.15, 0.2) is 72.9 Å². The summed E-state index contributed by atoms with van der Waals surface area (Å²) in [6.07, 6.45) is 1.86. The molecule has 6 nitrogen and oxygen atoms in total. The molecule has 39 heavy (non-hydrogen) atoms. The molecule has 4 aromatic rings. The number of alkyl halides is 3. The van der Waals surface area contributed by atoms with E-state index in [1.54, 1.807) is 30.3 Å². The molecule has 204 valence electrons. The molecule has 2 heterocycles. The Kier molecular flexibility index (Phi) is 7.25. The van der Waals surface area contributed by atoms with Crippen molar-refractivity contribution in [1.82, 2.24) is 14.5 Å². The van der Waals surface area contributed by atoms with Crippen LogP contribution in [0.2, 0.25) is 0 Å². The van der Waals surface area contributed by atoms with Crippen molar-refractivity contribution in [3.05, 3.63) is 101 Å². The molecular weight excluding hydrogens is 539 g/mol. The molecule has 1 fully saturated rings. The molecule has 0 unspecified atom stereocenters. The van der Waals surface area contributed by atoms with Gasteiger partial charge in [0.05, 0.1) is 17.4 Å². The van der Waals surface area contributed by atoms with E-state index >= 15 is 0 Å². The molecule has 1 aromatic heterocycles. The van der Waals surface area contributed by atoms with Crippen molar-refractivity contribution in [1.29, 1.82) is 0 Å². The molecule has 0 bridgehead atoms. The van der Waals surface area contributed by atoms with Gasteiger partial charge in [0.15, 0.2) is 0 Å². The van der Waals surface area contributed by atoms with Gasteiger partial charge in [0.1, 0.15) is 11.6 Å². The molecule has 5 rings (SSSR count). The Morgan fingerprint density at radius 3 is 1.92 bits per heavy atom. The van der Waals surface area contributed by atoms with E-state index in [9.17, 15) is 30.4 Å². The maximum Gasteiger partial charge on any atom is 0.511 e. The van der Waals surface area contributed by atoms with Crippen LogP contribution in [-0.2, 0) is 10.0 Å². The second-order valence-corrected chi connectivity index (χ2v) is 11.3. The summed E-state index contributed by atoms with van der Waals surface area (Å²) in [4.78, 5) is 0. The summed E-state index contributed by atoms with van der Waals surface area (Å²) in [5.41, 5.74) is -1.77. The molecule has 1 aliphatic heterocycles. The number of aromatic nitrogens is 2. The first-order chi connectivity index (χ1) is 18.5. The summed E-state index contributed by atoms with van der Waals surface area (Å²) in [6.45, 7) is -0.531. The van der Waals surface area contributed by atoms with Crippen LogP contribution in [0.5, 0.6) is 0 Å². The zero-order chi connectivity index (χ0) is 27.8. The minimum absolute atomic E-state index is 0.173. The van der Waals surface area contributed by atoms with Gasteiger partial charge in [0.25, 0.3) is 0 Å². The van der Waals surface area contributed by atoms with Gasteiger partial charge in [-0.25, -0.2) is 17.2 Å². The lowest BCUT2D eigenvalue weighted by atomic mass is 9.84. The molecule has 0 atom stereocenters. The standard InChI is InChI=1S/C27H23F5N4O2S/c28-20-6-1-17(2-7-20)26(18-3-8-21(29)9-4-18)19-5-10-24-23(15-19)25(16-33-35-24)34-22-11-13-36(14-12-22)39(37,38)27(30,31)32/h1-10,15-16,22,26H,11-14H2,(H,34,35). The number of anilines is 1. The van der Waals surface area contributed by atoms with Crippen LogP contribution < -0.4 is 5.32 Å². The van der Waals surface area contributed by atoms with E-state index in [1.165, 1.54) is 30.5 Å². The van der Waals surface area contributed by atoms with Crippen LogP contribution in [-0.4, -0.2) is 47.6 Å². The summed E-state index contributed by atoms with van der Waals surface area (Å²) in [7, 11) is -5.37. The van der Waals surface area contributed by atoms with Gasteiger partial charge in [-0.1, -0.05) is 30.3 Å². The fourth-order valence-electron chi connectivity index (χ4n) is 4.86. The highest BCUT2D eigenvalue weighted by Crippen LogP contribution is 2.36. The summed E-state index contributed by atoms with van der Waals surface area (Å²) in [5, 5.41) is 12.2. The van der Waals surface area contributed by atoms with Gasteiger partial charge in [-0.2, -0.15) is 27.7 Å². The molecule has 1 aliphatic rings. The van der Waals surface area contributed by atoms with Crippen molar-refractivity contribution >= 4 is 26.6 Å². The Morgan fingerprint density at radius 1 is 0.846 bits per heavy atom. The fraction of sp³-hybridized carbons (Fsp3) is 0.259. The third-order valence-corrected chi connectivity index (χ3v) is 8.48. The number of fused-ring (bicyclic) bond motifs is 1. The van der Waals surface area contributed by atoms with E-state index in [1.807, 2.05) is 12.1 Å². The Morgan fingerprint density at radius 2 is 1.38 bits per heavy atom. The van der Waals surface area contributed by atoms with Crippen molar-refractivity contribution < 1.29 is 30.4 Å². The molecule has 0 spiro atoms. The second kappa shape index (κ2) is 10.5. The smallest absolute Gasteiger partial charge is 0.380 e. The average molecular weight is 563 g/mol. The highest BCUT2D eigenvalue weighted by Gasteiger charge is 2.50. The van der Waals surface area contributed by atoms with Gasteiger partial charge >= 0.3 is 15.5 Å². The highest BCUT2D eigenvalue weighted by atomic mass is 32.2. The van der Waals surface area contributed by atoms with Gasteiger partial charge in [-0.05, 0) is 65.9 Å². The van der Waals surface area contributed by atoms with E-state index < -0.39 is 15.5 Å². The number of hydrogen-bond acceptors (Lipinski definition) is 5. The van der Waals surface area contributed by atoms with Gasteiger partial charge in [0.2, 0.25) is 0 Å². The number of hydrogen-bond donors (Lipinski definition) is 1. The third kappa shape index (κ3) is 5.57. The van der Waals surface area contributed by atoms with Crippen LogP contribution in [0.1, 0.15) is 35.4 Å². The summed E-state index contributed by atoms with van der Waals surface area (Å²) < 4.78 is 90.1. The monoisotopic (exact) mass is 562 g/mol. The normalized spacial score (nSPS) is 15.6. The van der Waals surface area contributed by atoms with Gasteiger partial charge in [-0.3, -0.25) is 0 Å². The number of rotatable bonds is 6. The number of halogens is 5. The van der Waals surface area contributed by atoms with E-state index in [-0.39, 0.29) is 49.5 Å². The lowest BCUT2D eigenvalue weighted by Crippen LogP contribution is -2.47. The predicted octanol–water partition coefficient (Wildman–Crippen LogP) is 5.81. The summed E-state index contributed by atoms with van der Waals surface area (Å²) in [6, 6.07) is 17.3. The van der Waals surface area contributed by atoms with Crippen LogP contribution in [0.4, 0.5) is 27.6 Å². The predicted molar refractivity (Wildman–Crippen MR) is 136 cm³/mol. The molecular formula is C27H23F5N4O2S. The molecule has 0 saturated carbocycles. The van der Waals surface area contributed by atoms with Gasteiger partial charge < -0.3 is 5.32 Å². The van der Waals surface area contributed by atoms with Crippen molar-refractivity contribution in [2.75, 3.05) is 18.4 Å². The van der Waals surface area contributed by atoms with Crippen molar-refractivity contribution in [3.8, 4) is 0 Å². The van der Waals surface area contributed by atoms with E-state index in [2.05, 4.69) is 15.5 Å². The number of nitrogens with zero attached hydrogens (tertiary/aromatic N) is 3. The quantitative estimate of drug-likeness (QED) is 0.237. The maximum atomic E-state index is 13.7. The Labute approximate surface area is 221 Å². The molecule has 1 N–H and O–H groups in total. The zero-order valence-electron chi connectivity index (χ0n) is 20.4. The average Bonchev–Trinajstić information content (AvgIpc) is 2.91. The van der Waals surface area contributed by atoms with Crippen LogP contribution in [0.25, 0.3) is 10.9 Å². The van der Waals surface area contributed by atoms with Crippen molar-refractivity contribution in [3.63, 3.8) is 0 Å². The Balaban J connectivity index is 1.45. The summed E-state index contributed by atoms with van der Waals surface area (Å²) >= 11 is 0. The third-order valence-electron chi connectivity index (χ3n) is 6.85. The van der Waals surface area contributed by atoms with Crippen LogP contribution in [0, 0.1) is 11.6 Å². The highest BCUT2D eigenvalue weighted by molar-refractivity contribution is 7.90. The number of nitrogens with one attached hydrogen (secondary N) is 1. The SMILES string of the molecule is O=S(=O)(N1CCC(Nc2cnnc3ccc(C(c4ccc(F)cc4)c4ccc(F)cc4)cc23)CC1)C(F)(F)F. The lowest BCUT2D eigenvalue weighted by Gasteiger charge is -2.32. The van der Waals surface area contributed by atoms with Crippen LogP contribution >= 0.6 is 0 Å². The molecule has 12 heteroatoms. The van der Waals surface area contributed by atoms with Gasteiger partial charge in [0, 0.05) is 30.4 Å². The van der Waals surface area contributed by atoms with E-state index in [0.717, 1.165) is 16.7 Å². The number of benzene rings is 3. The first kappa shape index (κ1) is 26.9. The topological polar surface area (TPSA) is 75.2 Å². The second-order valence-electron chi connectivity index (χ2n) is 9.34. The van der Waals surface area contributed by atoms with Crippen molar-refractivity contribution in [2.24, 2.45) is 0 Å². The number of sulfonamides is 1. The summed E-state index contributed by atoms with van der Waals surface area (Å²) in [5.74, 6) is -1.12. The van der Waals surface area contributed by atoms with Gasteiger partial charge in [-0.15, -0.1) is 0 Å². The lowest BCUT2D eigenvalue weighted by molar-refractivity contribution is -0.0494. The molecule has 3 aromatic carbocycles. The zero-order valence-corrected chi connectivity index (χ0v) is 21.2. The molecule has 0 radical (unpaired) electrons. The van der Waals surface area contributed by atoms with E-state index in [4.69, 9.17) is 0 Å². The van der Waals surface area contributed by atoms with Crippen LogP contribution in [0.3, 0.4) is 0 Å². The Bertz CT molecular complexity index is 1530. The maximum absolute atomic E-state index is 13.7. The minimum Gasteiger partial charge on any atom is -0.380 e. The molecule has 1 saturated heterocycles. The molecule has 0 amide bonds. The molecule has 0 aliphatic carbocycles. The minimum atomic E-state index is -5.37. The number of piperidine rings is 1. The first-order valence-corrected chi connectivity index (χ1v) is 13.6. The first-order valence-electron chi connectivity index (χ1n) is 12.1. The van der Waals surface area contributed by atoms with Crippen molar-refractivity contribution in [2.45, 2.75) is 30.3 Å². The largest absolute Gasteiger partial charge is 0.511 e. The Hall–Kier alpha value is -3.64. The fourth-order valence-corrected chi connectivity index (χ4v) is 5.85. The van der Waals surface area contributed by atoms with E-state index in [0.29, 0.717) is 20.9 Å².